The first-order chi connectivity index (χ1) is 11.0. The summed E-state index contributed by atoms with van der Waals surface area (Å²) in [5.41, 5.74) is -1.14. The molecule has 0 saturated heterocycles. The van der Waals surface area contributed by atoms with Gasteiger partial charge in [0.25, 0.3) is 5.56 Å². The molecule has 0 radical (unpaired) electrons. The Kier molecular flexibility index (Phi) is 3.69. The number of aromatic nitrogens is 2. The van der Waals surface area contributed by atoms with E-state index in [1.165, 1.54) is 7.11 Å². The minimum absolute atomic E-state index is 0.0216. The summed E-state index contributed by atoms with van der Waals surface area (Å²) in [6.07, 6.45) is 0. The topological polar surface area (TPSA) is 64.1 Å². The summed E-state index contributed by atoms with van der Waals surface area (Å²) >= 11 is 0. The molecule has 0 aliphatic rings. The van der Waals surface area contributed by atoms with E-state index in [9.17, 15) is 18.4 Å². The fourth-order valence-corrected chi connectivity index (χ4v) is 2.34. The largest absolute Gasteiger partial charge is 0.497 e. The van der Waals surface area contributed by atoms with Gasteiger partial charge in [-0.2, -0.15) is 0 Å². The van der Waals surface area contributed by atoms with Gasteiger partial charge >= 0.3 is 5.69 Å². The van der Waals surface area contributed by atoms with Crippen molar-refractivity contribution in [2.45, 2.75) is 6.54 Å². The summed E-state index contributed by atoms with van der Waals surface area (Å²) in [5, 5.41) is -0.212. The van der Waals surface area contributed by atoms with Crippen LogP contribution in [0.1, 0.15) is 5.56 Å². The number of rotatable bonds is 3. The zero-order chi connectivity index (χ0) is 16.6. The molecule has 23 heavy (non-hydrogen) atoms. The first kappa shape index (κ1) is 15.0. The number of benzene rings is 2. The molecule has 5 nitrogen and oxygen atoms in total. The molecule has 7 heteroatoms. The van der Waals surface area contributed by atoms with E-state index in [1.54, 1.807) is 24.3 Å². The second kappa shape index (κ2) is 5.68. The Morgan fingerprint density at radius 1 is 1.13 bits per heavy atom. The number of nitrogens with one attached hydrogen (secondary N) is 1. The Morgan fingerprint density at radius 3 is 2.48 bits per heavy atom. The predicted octanol–water partition coefficient (Wildman–Crippen LogP) is 2.02. The quantitative estimate of drug-likeness (QED) is 0.803. The number of hydrogen-bond donors (Lipinski definition) is 1. The number of hydrogen-bond acceptors (Lipinski definition) is 3. The highest BCUT2D eigenvalue weighted by Gasteiger charge is 2.13. The Bertz CT molecular complexity index is 991. The van der Waals surface area contributed by atoms with Gasteiger partial charge in [0, 0.05) is 6.07 Å². The van der Waals surface area contributed by atoms with E-state index < -0.39 is 22.9 Å². The van der Waals surface area contributed by atoms with Gasteiger partial charge in [0.15, 0.2) is 5.82 Å². The molecule has 1 N–H and O–H groups in total. The Balaban J connectivity index is 2.13. The predicted molar refractivity (Wildman–Crippen MR) is 80.8 cm³/mol. The van der Waals surface area contributed by atoms with Crippen molar-refractivity contribution in [3.05, 3.63) is 74.4 Å². The maximum Gasteiger partial charge on any atom is 0.329 e. The summed E-state index contributed by atoms with van der Waals surface area (Å²) in [5.74, 6) is -1.22. The fourth-order valence-electron chi connectivity index (χ4n) is 2.34. The standard InChI is InChI=1S/C16H12F2N2O3/c1-23-11-4-2-9(3-5-11)8-20-15(21)12-6-10(17)7-13(18)14(12)19-16(20)22/h2-7H,8H2,1H3,(H,19,22). The van der Waals surface area contributed by atoms with Crippen molar-refractivity contribution in [1.29, 1.82) is 0 Å². The van der Waals surface area contributed by atoms with Crippen LogP contribution in [-0.2, 0) is 6.54 Å². The van der Waals surface area contributed by atoms with Crippen LogP contribution in [0.2, 0.25) is 0 Å². The molecule has 0 fully saturated rings. The van der Waals surface area contributed by atoms with Gasteiger partial charge in [-0.15, -0.1) is 0 Å². The second-order valence-corrected chi connectivity index (χ2v) is 4.98. The normalized spacial score (nSPS) is 10.9. The van der Waals surface area contributed by atoms with Crippen molar-refractivity contribution in [3.63, 3.8) is 0 Å². The molecule has 2 aromatic carbocycles. The molecule has 118 valence electrons. The second-order valence-electron chi connectivity index (χ2n) is 4.98. The molecular weight excluding hydrogens is 306 g/mol. The van der Waals surface area contributed by atoms with Crippen molar-refractivity contribution in [1.82, 2.24) is 9.55 Å². The molecule has 3 aromatic rings. The lowest BCUT2D eigenvalue weighted by Gasteiger charge is -2.08. The number of fused-ring (bicyclic) bond motifs is 1. The van der Waals surface area contributed by atoms with Gasteiger partial charge in [-0.05, 0) is 23.8 Å². The van der Waals surface area contributed by atoms with Gasteiger partial charge in [-0.25, -0.2) is 13.6 Å². The lowest BCUT2D eigenvalue weighted by Crippen LogP contribution is -2.35. The SMILES string of the molecule is COc1ccc(Cn2c(=O)[nH]c3c(F)cc(F)cc3c2=O)cc1. The fraction of sp³-hybridized carbons (Fsp3) is 0.125. The van der Waals surface area contributed by atoms with E-state index in [0.717, 1.165) is 10.6 Å². The van der Waals surface area contributed by atoms with Crippen molar-refractivity contribution < 1.29 is 13.5 Å². The summed E-state index contributed by atoms with van der Waals surface area (Å²) in [4.78, 5) is 26.7. The van der Waals surface area contributed by atoms with E-state index >= 15 is 0 Å². The number of methoxy groups -OCH3 is 1. The van der Waals surface area contributed by atoms with Crippen LogP contribution in [0, 0.1) is 11.6 Å². The Hall–Kier alpha value is -2.96. The van der Waals surface area contributed by atoms with Crippen LogP contribution in [0.5, 0.6) is 5.75 Å². The first-order valence-corrected chi connectivity index (χ1v) is 6.74. The van der Waals surface area contributed by atoms with Crippen molar-refractivity contribution in [3.8, 4) is 5.75 Å². The lowest BCUT2D eigenvalue weighted by atomic mass is 10.2. The van der Waals surface area contributed by atoms with E-state index in [0.29, 0.717) is 17.4 Å². The Morgan fingerprint density at radius 2 is 1.83 bits per heavy atom. The average Bonchev–Trinajstić information content (AvgIpc) is 2.53. The molecule has 0 amide bonds. The maximum absolute atomic E-state index is 13.7. The molecule has 3 rings (SSSR count). The first-order valence-electron chi connectivity index (χ1n) is 6.74. The molecule has 0 bridgehead atoms. The number of nitrogens with zero attached hydrogens (tertiary/aromatic N) is 1. The minimum Gasteiger partial charge on any atom is -0.497 e. The number of halogens is 2. The van der Waals surface area contributed by atoms with E-state index in [1.807, 2.05) is 0 Å². The highest BCUT2D eigenvalue weighted by Crippen LogP contribution is 2.14. The molecule has 0 atom stereocenters. The van der Waals surface area contributed by atoms with Gasteiger partial charge in [0.1, 0.15) is 11.6 Å². The summed E-state index contributed by atoms with van der Waals surface area (Å²) in [6, 6.07) is 8.29. The molecule has 0 aliphatic heterocycles. The molecular formula is C16H12F2N2O3. The highest BCUT2D eigenvalue weighted by molar-refractivity contribution is 5.77. The van der Waals surface area contributed by atoms with Gasteiger partial charge in [0.05, 0.1) is 24.6 Å². The van der Waals surface area contributed by atoms with Crippen molar-refractivity contribution in [2.24, 2.45) is 0 Å². The minimum atomic E-state index is -0.981. The zero-order valence-corrected chi connectivity index (χ0v) is 12.1. The van der Waals surface area contributed by atoms with Crippen LogP contribution in [0.4, 0.5) is 8.78 Å². The van der Waals surface area contributed by atoms with Crippen LogP contribution >= 0.6 is 0 Å². The third-order valence-corrected chi connectivity index (χ3v) is 3.51. The summed E-state index contributed by atoms with van der Waals surface area (Å²) < 4.78 is 32.9. The van der Waals surface area contributed by atoms with Crippen LogP contribution in [0.25, 0.3) is 10.9 Å². The van der Waals surface area contributed by atoms with E-state index in [2.05, 4.69) is 4.98 Å². The number of H-pyrrole nitrogens is 1. The van der Waals surface area contributed by atoms with Crippen LogP contribution < -0.4 is 16.0 Å². The summed E-state index contributed by atoms with van der Waals surface area (Å²) in [6.45, 7) is -0.0216. The molecule has 1 heterocycles. The molecule has 0 aliphatic carbocycles. The number of aromatic amines is 1. The van der Waals surface area contributed by atoms with Crippen molar-refractivity contribution in [2.75, 3.05) is 7.11 Å². The van der Waals surface area contributed by atoms with Crippen LogP contribution in [0.3, 0.4) is 0 Å². The van der Waals surface area contributed by atoms with Gasteiger partial charge < -0.3 is 9.72 Å². The molecule has 0 spiro atoms. The van der Waals surface area contributed by atoms with Crippen molar-refractivity contribution >= 4 is 10.9 Å². The van der Waals surface area contributed by atoms with Gasteiger partial charge in [-0.1, -0.05) is 12.1 Å². The molecule has 1 aromatic heterocycles. The Labute approximate surface area is 128 Å². The van der Waals surface area contributed by atoms with Gasteiger partial charge in [-0.3, -0.25) is 9.36 Å². The highest BCUT2D eigenvalue weighted by atomic mass is 19.1. The smallest absolute Gasteiger partial charge is 0.329 e. The third kappa shape index (κ3) is 2.73. The lowest BCUT2D eigenvalue weighted by molar-refractivity contribution is 0.414. The average molecular weight is 318 g/mol. The van der Waals surface area contributed by atoms with E-state index in [4.69, 9.17) is 4.74 Å². The summed E-state index contributed by atoms with van der Waals surface area (Å²) in [7, 11) is 1.52. The van der Waals surface area contributed by atoms with Crippen LogP contribution in [0.15, 0.2) is 46.0 Å². The maximum atomic E-state index is 13.7. The van der Waals surface area contributed by atoms with Gasteiger partial charge in [0.2, 0.25) is 0 Å². The number of ether oxygens (including phenoxy) is 1. The monoisotopic (exact) mass is 318 g/mol. The van der Waals surface area contributed by atoms with Crippen LogP contribution in [-0.4, -0.2) is 16.7 Å². The van der Waals surface area contributed by atoms with E-state index in [-0.39, 0.29) is 17.4 Å². The zero-order valence-electron chi connectivity index (χ0n) is 12.1. The third-order valence-electron chi connectivity index (χ3n) is 3.51. The molecule has 0 unspecified atom stereocenters. The molecule has 0 saturated carbocycles.